The number of aromatic nitrogens is 1. The summed E-state index contributed by atoms with van der Waals surface area (Å²) in [6.07, 6.45) is 2.52. The topological polar surface area (TPSA) is 16.1 Å². The number of aryl methyl sites for hydroxylation is 1. The Kier molecular flexibility index (Phi) is 2.64. The minimum atomic E-state index is 0.598. The first-order valence-electron chi connectivity index (χ1n) is 5.07. The summed E-state index contributed by atoms with van der Waals surface area (Å²) in [6, 6.07) is 4.45. The molecule has 3 heteroatoms. The SMILES string of the molecule is Cc1cc(Cl)cc(N2CCC[C@H]2C)n1. The van der Waals surface area contributed by atoms with Crippen LogP contribution in [-0.2, 0) is 0 Å². The standard InChI is InChI=1S/C11H15ClN2/c1-8-6-10(12)7-11(13-8)14-5-3-4-9(14)2/h6-7,9H,3-5H2,1-2H3/t9-/m1/s1. The van der Waals surface area contributed by atoms with Gasteiger partial charge in [-0.1, -0.05) is 11.6 Å². The van der Waals surface area contributed by atoms with E-state index in [0.29, 0.717) is 6.04 Å². The Labute approximate surface area is 89.9 Å². The summed E-state index contributed by atoms with van der Waals surface area (Å²) in [5.41, 5.74) is 0.992. The van der Waals surface area contributed by atoms with Crippen LogP contribution in [0.4, 0.5) is 5.82 Å². The van der Waals surface area contributed by atoms with Gasteiger partial charge >= 0.3 is 0 Å². The molecule has 0 saturated carbocycles. The summed E-state index contributed by atoms with van der Waals surface area (Å²) in [7, 11) is 0. The molecular formula is C11H15ClN2. The molecule has 0 aromatic carbocycles. The van der Waals surface area contributed by atoms with Crippen molar-refractivity contribution in [1.29, 1.82) is 0 Å². The Morgan fingerprint density at radius 1 is 1.50 bits per heavy atom. The Morgan fingerprint density at radius 3 is 2.86 bits per heavy atom. The van der Waals surface area contributed by atoms with Crippen LogP contribution in [0.3, 0.4) is 0 Å². The minimum Gasteiger partial charge on any atom is -0.354 e. The Bertz CT molecular complexity index is 318. The van der Waals surface area contributed by atoms with Crippen LogP contribution in [0, 0.1) is 6.92 Å². The van der Waals surface area contributed by atoms with Gasteiger partial charge in [0.05, 0.1) is 0 Å². The molecule has 0 radical (unpaired) electrons. The van der Waals surface area contributed by atoms with E-state index in [1.807, 2.05) is 19.1 Å². The fourth-order valence-electron chi connectivity index (χ4n) is 2.03. The summed E-state index contributed by atoms with van der Waals surface area (Å²) in [5, 5.41) is 0.784. The molecule has 2 nitrogen and oxygen atoms in total. The monoisotopic (exact) mass is 210 g/mol. The summed E-state index contributed by atoms with van der Waals surface area (Å²) < 4.78 is 0. The fourth-order valence-corrected chi connectivity index (χ4v) is 2.29. The molecule has 1 fully saturated rings. The summed E-state index contributed by atoms with van der Waals surface area (Å²) in [5.74, 6) is 1.03. The van der Waals surface area contributed by atoms with Gasteiger partial charge in [-0.2, -0.15) is 0 Å². The van der Waals surface area contributed by atoms with Crippen LogP contribution < -0.4 is 4.90 Å². The predicted octanol–water partition coefficient (Wildman–Crippen LogP) is 3.03. The molecule has 76 valence electrons. The van der Waals surface area contributed by atoms with E-state index in [-0.39, 0.29) is 0 Å². The van der Waals surface area contributed by atoms with Gasteiger partial charge in [0.15, 0.2) is 0 Å². The van der Waals surface area contributed by atoms with Crippen molar-refractivity contribution in [3.05, 3.63) is 22.8 Å². The van der Waals surface area contributed by atoms with Crippen LogP contribution in [0.15, 0.2) is 12.1 Å². The number of halogens is 1. The average Bonchev–Trinajstić information content (AvgIpc) is 2.49. The van der Waals surface area contributed by atoms with Gasteiger partial charge in [0.1, 0.15) is 5.82 Å². The molecule has 1 aromatic rings. The average molecular weight is 211 g/mol. The third-order valence-electron chi connectivity index (χ3n) is 2.75. The zero-order valence-corrected chi connectivity index (χ0v) is 9.38. The maximum absolute atomic E-state index is 6.01. The zero-order valence-electron chi connectivity index (χ0n) is 8.63. The highest BCUT2D eigenvalue weighted by Gasteiger charge is 2.21. The smallest absolute Gasteiger partial charge is 0.130 e. The summed E-state index contributed by atoms with van der Waals surface area (Å²) >= 11 is 6.01. The minimum absolute atomic E-state index is 0.598. The first-order valence-corrected chi connectivity index (χ1v) is 5.45. The molecular weight excluding hydrogens is 196 g/mol. The lowest BCUT2D eigenvalue weighted by Gasteiger charge is -2.22. The van der Waals surface area contributed by atoms with E-state index in [4.69, 9.17) is 11.6 Å². The highest BCUT2D eigenvalue weighted by Crippen LogP contribution is 2.26. The highest BCUT2D eigenvalue weighted by molar-refractivity contribution is 6.30. The molecule has 0 bridgehead atoms. The van der Waals surface area contributed by atoms with Crippen LogP contribution in [-0.4, -0.2) is 17.6 Å². The first kappa shape index (κ1) is 9.78. The number of nitrogens with zero attached hydrogens (tertiary/aromatic N) is 2. The zero-order chi connectivity index (χ0) is 10.1. The lowest BCUT2D eigenvalue weighted by Crippen LogP contribution is -2.27. The number of anilines is 1. The normalized spacial score (nSPS) is 21.6. The third kappa shape index (κ3) is 1.85. The van der Waals surface area contributed by atoms with Crippen molar-refractivity contribution >= 4 is 17.4 Å². The molecule has 1 atom stereocenters. The van der Waals surface area contributed by atoms with Crippen LogP contribution in [0.25, 0.3) is 0 Å². The third-order valence-corrected chi connectivity index (χ3v) is 2.97. The van der Waals surface area contributed by atoms with Crippen molar-refractivity contribution in [2.75, 3.05) is 11.4 Å². The van der Waals surface area contributed by atoms with E-state index in [2.05, 4.69) is 16.8 Å². The maximum Gasteiger partial charge on any atom is 0.130 e. The molecule has 2 heterocycles. The van der Waals surface area contributed by atoms with Crippen LogP contribution in [0.5, 0.6) is 0 Å². The quantitative estimate of drug-likeness (QED) is 0.709. The van der Waals surface area contributed by atoms with Gasteiger partial charge < -0.3 is 4.90 Å². The van der Waals surface area contributed by atoms with Crippen molar-refractivity contribution in [2.45, 2.75) is 32.7 Å². The van der Waals surface area contributed by atoms with Crippen molar-refractivity contribution in [2.24, 2.45) is 0 Å². The molecule has 1 aliphatic rings. The molecule has 0 amide bonds. The lowest BCUT2D eigenvalue weighted by molar-refractivity contribution is 0.726. The van der Waals surface area contributed by atoms with Gasteiger partial charge in [0.25, 0.3) is 0 Å². The van der Waals surface area contributed by atoms with Gasteiger partial charge in [-0.25, -0.2) is 4.98 Å². The van der Waals surface area contributed by atoms with Gasteiger partial charge in [-0.05, 0) is 38.8 Å². The van der Waals surface area contributed by atoms with E-state index in [0.717, 1.165) is 23.1 Å². The predicted molar refractivity (Wildman–Crippen MR) is 60.0 cm³/mol. The summed E-state index contributed by atoms with van der Waals surface area (Å²) in [4.78, 5) is 6.84. The molecule has 1 aliphatic heterocycles. The molecule has 1 aromatic heterocycles. The largest absolute Gasteiger partial charge is 0.354 e. The van der Waals surface area contributed by atoms with Crippen molar-refractivity contribution in [1.82, 2.24) is 4.98 Å². The van der Waals surface area contributed by atoms with Crippen LogP contribution in [0.1, 0.15) is 25.5 Å². The first-order chi connectivity index (χ1) is 6.66. The molecule has 0 N–H and O–H groups in total. The Balaban J connectivity index is 2.31. The van der Waals surface area contributed by atoms with E-state index < -0.39 is 0 Å². The summed E-state index contributed by atoms with van der Waals surface area (Å²) in [6.45, 7) is 5.33. The second-order valence-corrected chi connectivity index (χ2v) is 4.41. The van der Waals surface area contributed by atoms with E-state index in [1.165, 1.54) is 12.8 Å². The molecule has 0 spiro atoms. The number of hydrogen-bond donors (Lipinski definition) is 0. The van der Waals surface area contributed by atoms with E-state index in [1.54, 1.807) is 0 Å². The van der Waals surface area contributed by atoms with Crippen LogP contribution in [0.2, 0.25) is 5.02 Å². The molecule has 0 unspecified atom stereocenters. The van der Waals surface area contributed by atoms with Gasteiger partial charge in [-0.3, -0.25) is 0 Å². The Morgan fingerprint density at radius 2 is 2.29 bits per heavy atom. The Hall–Kier alpha value is -0.760. The molecule has 1 saturated heterocycles. The molecule has 0 aliphatic carbocycles. The second-order valence-electron chi connectivity index (χ2n) is 3.97. The van der Waals surface area contributed by atoms with Gasteiger partial charge in [-0.15, -0.1) is 0 Å². The van der Waals surface area contributed by atoms with Crippen molar-refractivity contribution in [3.63, 3.8) is 0 Å². The fraction of sp³-hybridized carbons (Fsp3) is 0.545. The number of pyridine rings is 1. The van der Waals surface area contributed by atoms with Crippen molar-refractivity contribution < 1.29 is 0 Å². The molecule has 2 rings (SSSR count). The van der Waals surface area contributed by atoms with Gasteiger partial charge in [0.2, 0.25) is 0 Å². The number of hydrogen-bond acceptors (Lipinski definition) is 2. The van der Waals surface area contributed by atoms with Gasteiger partial charge in [0, 0.05) is 23.3 Å². The lowest BCUT2D eigenvalue weighted by atomic mass is 10.2. The van der Waals surface area contributed by atoms with E-state index in [9.17, 15) is 0 Å². The highest BCUT2D eigenvalue weighted by atomic mass is 35.5. The van der Waals surface area contributed by atoms with E-state index >= 15 is 0 Å². The number of rotatable bonds is 1. The maximum atomic E-state index is 6.01. The molecule has 14 heavy (non-hydrogen) atoms. The van der Waals surface area contributed by atoms with Crippen LogP contribution >= 0.6 is 11.6 Å². The van der Waals surface area contributed by atoms with Crippen molar-refractivity contribution in [3.8, 4) is 0 Å². The second kappa shape index (κ2) is 3.77.